The molecule has 0 saturated heterocycles. The molecule has 146 valence electrons. The van der Waals surface area contributed by atoms with E-state index in [9.17, 15) is 0 Å². The first kappa shape index (κ1) is 23.6. The molecule has 3 saturated carbocycles. The van der Waals surface area contributed by atoms with Crippen molar-refractivity contribution in [3.8, 4) is 0 Å². The van der Waals surface area contributed by atoms with Gasteiger partial charge in [0.05, 0.1) is 0 Å². The van der Waals surface area contributed by atoms with Crippen LogP contribution < -0.4 is 24.8 Å². The molecule has 0 spiro atoms. The first-order valence-electron chi connectivity index (χ1n) is 10.4. The molecule has 5 atom stereocenters. The summed E-state index contributed by atoms with van der Waals surface area (Å²) in [5.41, 5.74) is 1.70. The molecule has 27 heavy (non-hydrogen) atoms. The van der Waals surface area contributed by atoms with Crippen LogP contribution in [-0.2, 0) is 24.2 Å². The van der Waals surface area contributed by atoms with Crippen LogP contribution in [0.1, 0.15) is 57.8 Å². The van der Waals surface area contributed by atoms with Gasteiger partial charge in [0.2, 0.25) is 0 Å². The van der Waals surface area contributed by atoms with Crippen molar-refractivity contribution in [1.29, 1.82) is 0 Å². The minimum atomic E-state index is 0. The van der Waals surface area contributed by atoms with Gasteiger partial charge in [-0.25, -0.2) is 0 Å². The van der Waals surface area contributed by atoms with Crippen molar-refractivity contribution in [1.82, 2.24) is 0 Å². The third kappa shape index (κ3) is 5.67. The Bertz CT molecular complexity index is 608. The van der Waals surface area contributed by atoms with Gasteiger partial charge in [-0.3, -0.25) is 0 Å². The molecule has 0 amide bonds. The minimum absolute atomic E-state index is 0. The van der Waals surface area contributed by atoms with Crippen molar-refractivity contribution in [2.24, 2.45) is 29.6 Å². The van der Waals surface area contributed by atoms with E-state index in [-0.39, 0.29) is 24.8 Å². The van der Waals surface area contributed by atoms with Crippen LogP contribution >= 0.6 is 0 Å². The molecule has 0 bridgehead atoms. The van der Waals surface area contributed by atoms with Gasteiger partial charge >= 0.3 is 59.5 Å². The van der Waals surface area contributed by atoms with Crippen LogP contribution in [0.5, 0.6) is 0 Å². The van der Waals surface area contributed by atoms with Gasteiger partial charge in [0, 0.05) is 0 Å². The van der Waals surface area contributed by atoms with Crippen LogP contribution in [0.4, 0.5) is 0 Å². The number of allylic oxidation sites excluding steroid dienone is 8. The topological polar surface area (TPSA) is 0 Å². The van der Waals surface area contributed by atoms with Gasteiger partial charge in [-0.05, 0) is 24.7 Å². The van der Waals surface area contributed by atoms with E-state index in [2.05, 4.69) is 49.0 Å². The molecule has 0 aromatic heterocycles. The van der Waals surface area contributed by atoms with E-state index in [0.29, 0.717) is 0 Å². The Balaban J connectivity index is 0.000000250. The predicted molar refractivity (Wildman–Crippen MR) is 104 cm³/mol. The van der Waals surface area contributed by atoms with Crippen molar-refractivity contribution in [3.05, 3.63) is 54.5 Å². The molecule has 0 heterocycles. The molecule has 0 aliphatic heterocycles. The zero-order chi connectivity index (χ0) is 17.1. The van der Waals surface area contributed by atoms with Crippen LogP contribution in [0.15, 0.2) is 48.1 Å². The Morgan fingerprint density at radius 2 is 1.67 bits per heavy atom. The fraction of sp³-hybridized carbons (Fsp3) is 0.583. The number of rotatable bonds is 1. The Morgan fingerprint density at radius 1 is 0.889 bits per heavy atom. The third-order valence-corrected chi connectivity index (χ3v) is 8.13. The summed E-state index contributed by atoms with van der Waals surface area (Å²) >= 11 is 1.69. The molecule has 0 nitrogen and oxygen atoms in total. The zero-order valence-electron chi connectivity index (χ0n) is 16.1. The summed E-state index contributed by atoms with van der Waals surface area (Å²) < 4.78 is 1.80. The number of fused-ring (bicyclic) bond motifs is 3. The zero-order valence-corrected chi connectivity index (χ0v) is 20.1. The molecule has 0 aromatic rings. The second kappa shape index (κ2) is 11.5. The molecule has 0 N–H and O–H groups in total. The fourth-order valence-corrected chi connectivity index (χ4v) is 6.52. The maximum atomic E-state index is 2.68. The van der Waals surface area contributed by atoms with Crippen LogP contribution in [0.3, 0.4) is 0 Å². The summed E-state index contributed by atoms with van der Waals surface area (Å²) in [4.78, 5) is 0. The molecule has 3 fully saturated rings. The van der Waals surface area contributed by atoms with Gasteiger partial charge in [0.15, 0.2) is 0 Å². The van der Waals surface area contributed by atoms with Crippen molar-refractivity contribution >= 4 is 3.21 Å². The SMILES string of the molecule is C1=CCC(C2CCCC3C4C=CC=CC4[CH-]C23)=C1.[Cl-].[Cl-].[Zr+2]=[C]1CCCCC1. The average molecular weight is 482 g/mol. The summed E-state index contributed by atoms with van der Waals surface area (Å²) in [7, 11) is 0. The number of halogens is 2. The third-order valence-electron chi connectivity index (χ3n) is 6.91. The van der Waals surface area contributed by atoms with Crippen molar-refractivity contribution in [2.45, 2.75) is 57.8 Å². The Hall–Kier alpha value is 0.293. The van der Waals surface area contributed by atoms with Crippen molar-refractivity contribution < 1.29 is 49.0 Å². The fourth-order valence-electron chi connectivity index (χ4n) is 5.65. The van der Waals surface area contributed by atoms with Gasteiger partial charge in [-0.1, -0.05) is 60.8 Å². The summed E-state index contributed by atoms with van der Waals surface area (Å²) in [5, 5.41) is 0. The van der Waals surface area contributed by atoms with E-state index in [1.165, 1.54) is 57.8 Å². The van der Waals surface area contributed by atoms with Gasteiger partial charge in [-0.15, -0.1) is 12.0 Å². The summed E-state index contributed by atoms with van der Waals surface area (Å²) in [6, 6.07) is 0. The van der Waals surface area contributed by atoms with E-state index in [1.54, 1.807) is 33.0 Å². The van der Waals surface area contributed by atoms with Gasteiger partial charge in [0.25, 0.3) is 0 Å². The summed E-state index contributed by atoms with van der Waals surface area (Å²) in [5.74, 6) is 4.12. The average Bonchev–Trinajstić information content (AvgIpc) is 3.30. The molecular formula is C24H31Cl2Zr-. The summed E-state index contributed by atoms with van der Waals surface area (Å²) in [6.45, 7) is 0. The summed E-state index contributed by atoms with van der Waals surface area (Å²) in [6.07, 6.45) is 31.8. The second-order valence-corrected chi connectivity index (χ2v) is 10.2. The van der Waals surface area contributed by atoms with E-state index in [0.717, 1.165) is 29.6 Å². The second-order valence-electron chi connectivity index (χ2n) is 8.43. The molecule has 5 aliphatic carbocycles. The molecule has 0 radical (unpaired) electrons. The maximum absolute atomic E-state index is 2.68. The molecule has 5 aliphatic rings. The van der Waals surface area contributed by atoms with Crippen LogP contribution in [0.25, 0.3) is 0 Å². The van der Waals surface area contributed by atoms with Crippen molar-refractivity contribution in [2.75, 3.05) is 0 Å². The quantitative estimate of drug-likeness (QED) is 0.468. The van der Waals surface area contributed by atoms with Crippen LogP contribution in [-0.4, -0.2) is 3.21 Å². The number of hydrogen-bond donors (Lipinski definition) is 0. The molecule has 5 unspecified atom stereocenters. The standard InChI is InChI=1S/C18H21.C6H10.2ClH.Zr/c1-2-7-13(6-1)15-10-5-11-17-16-9-4-3-8-14(16)12-18(15)17;1-2-4-6-5-3-1;;;/h1-4,6,8-9,12,14-18H,5,7,10-11H2;1-5H2;2*1H;/q-1;;;;+2/p-2. The first-order valence-corrected chi connectivity index (χ1v) is 11.7. The molecule has 5 rings (SSSR count). The Labute approximate surface area is 193 Å². The van der Waals surface area contributed by atoms with Crippen LogP contribution in [0, 0.1) is 36.0 Å². The van der Waals surface area contributed by atoms with E-state index >= 15 is 0 Å². The Morgan fingerprint density at radius 3 is 2.33 bits per heavy atom. The monoisotopic (exact) mass is 479 g/mol. The van der Waals surface area contributed by atoms with Crippen LogP contribution in [0.2, 0.25) is 0 Å². The van der Waals surface area contributed by atoms with Crippen molar-refractivity contribution in [3.63, 3.8) is 0 Å². The predicted octanol–water partition coefficient (Wildman–Crippen LogP) is 0.159. The normalized spacial score (nSPS) is 35.9. The molecule has 3 heteroatoms. The first-order chi connectivity index (χ1) is 12.3. The van der Waals surface area contributed by atoms with Gasteiger partial charge in [0.1, 0.15) is 0 Å². The molecular weight excluding hydrogens is 450 g/mol. The van der Waals surface area contributed by atoms with Gasteiger partial charge in [-0.2, -0.15) is 5.92 Å². The van der Waals surface area contributed by atoms with E-state index in [4.69, 9.17) is 0 Å². The van der Waals surface area contributed by atoms with E-state index in [1.807, 2.05) is 0 Å². The van der Waals surface area contributed by atoms with E-state index < -0.39 is 0 Å². The Kier molecular flexibility index (Phi) is 10.0. The number of hydrogen-bond acceptors (Lipinski definition) is 0. The molecule has 0 aromatic carbocycles. The van der Waals surface area contributed by atoms with Gasteiger partial charge < -0.3 is 31.2 Å².